The summed E-state index contributed by atoms with van der Waals surface area (Å²) in [6.07, 6.45) is 0. The van der Waals surface area contributed by atoms with E-state index in [1.54, 1.807) is 20.9 Å². The lowest BCUT2D eigenvalue weighted by Gasteiger charge is -2.16. The van der Waals surface area contributed by atoms with Crippen LogP contribution in [0.3, 0.4) is 0 Å². The van der Waals surface area contributed by atoms with Gasteiger partial charge in [-0.25, -0.2) is 9.37 Å². The van der Waals surface area contributed by atoms with Gasteiger partial charge in [0.1, 0.15) is 11.6 Å². The Morgan fingerprint density at radius 2 is 2.15 bits per heavy atom. The van der Waals surface area contributed by atoms with Gasteiger partial charge in [-0.05, 0) is 26.0 Å². The van der Waals surface area contributed by atoms with E-state index in [4.69, 9.17) is 5.73 Å². The van der Waals surface area contributed by atoms with Crippen LogP contribution in [0.25, 0.3) is 0 Å². The number of nitrogens with zero attached hydrogens (tertiary/aromatic N) is 3. The van der Waals surface area contributed by atoms with Gasteiger partial charge in [-0.1, -0.05) is 0 Å². The number of carbonyl (C=O) groups excluding carboxylic acids is 1. The number of aryl methyl sites for hydroxylation is 1. The van der Waals surface area contributed by atoms with Crippen LogP contribution >= 0.6 is 0 Å². The van der Waals surface area contributed by atoms with Crippen molar-refractivity contribution in [2.75, 3.05) is 12.8 Å². The minimum atomic E-state index is -0.490. The molecule has 106 valence electrons. The number of anilines is 1. The number of aromatic nitrogens is 3. The zero-order valence-corrected chi connectivity index (χ0v) is 11.6. The molecule has 0 bridgehead atoms. The Labute approximate surface area is 115 Å². The normalized spacial score (nSPS) is 10.6. The molecule has 1 aromatic carbocycles. The molecule has 0 spiro atoms. The van der Waals surface area contributed by atoms with Crippen LogP contribution in [0, 0.1) is 19.7 Å². The van der Waals surface area contributed by atoms with Crippen LogP contribution in [-0.4, -0.2) is 33.0 Å². The topological polar surface area (TPSA) is 87.9 Å². The molecule has 1 amide bonds. The molecule has 20 heavy (non-hydrogen) atoms. The summed E-state index contributed by atoms with van der Waals surface area (Å²) < 4.78 is 13.6. The molecule has 1 aromatic heterocycles. The minimum absolute atomic E-state index is 0.209. The lowest BCUT2D eigenvalue weighted by atomic mass is 10.1. The van der Waals surface area contributed by atoms with Crippen molar-refractivity contribution in [3.63, 3.8) is 0 Å². The molecule has 0 fully saturated rings. The lowest BCUT2D eigenvalue weighted by Crippen LogP contribution is -2.27. The average molecular weight is 277 g/mol. The van der Waals surface area contributed by atoms with Crippen LogP contribution in [0.4, 0.5) is 10.1 Å². The van der Waals surface area contributed by atoms with Gasteiger partial charge in [0.05, 0.1) is 6.54 Å². The molecule has 6 nitrogen and oxygen atoms in total. The highest BCUT2D eigenvalue weighted by atomic mass is 19.1. The Bertz CT molecular complexity index is 629. The van der Waals surface area contributed by atoms with Crippen molar-refractivity contribution in [1.29, 1.82) is 0 Å². The van der Waals surface area contributed by atoms with Gasteiger partial charge in [-0.15, -0.1) is 0 Å². The third kappa shape index (κ3) is 2.76. The van der Waals surface area contributed by atoms with Gasteiger partial charge >= 0.3 is 0 Å². The zero-order valence-electron chi connectivity index (χ0n) is 11.6. The molecule has 0 unspecified atom stereocenters. The number of hydrogen-bond acceptors (Lipinski definition) is 4. The molecule has 0 atom stereocenters. The van der Waals surface area contributed by atoms with Gasteiger partial charge in [-0.2, -0.15) is 5.10 Å². The summed E-state index contributed by atoms with van der Waals surface area (Å²) in [7, 11) is 1.60. The van der Waals surface area contributed by atoms with Crippen molar-refractivity contribution >= 4 is 11.6 Å². The summed E-state index contributed by atoms with van der Waals surface area (Å²) in [5.74, 6) is 0.346. The highest BCUT2D eigenvalue weighted by Gasteiger charge is 2.16. The first-order valence-electron chi connectivity index (χ1n) is 6.07. The standard InChI is InChI=1S/C13H16FN5O/c1-7-10(14)4-9(5-11(7)15)13(20)19(3)6-12-16-8(2)17-18-12/h4-5H,6,15H2,1-3H3,(H,16,17,18). The Hall–Kier alpha value is -2.44. The highest BCUT2D eigenvalue weighted by Crippen LogP contribution is 2.18. The number of hydrogen-bond donors (Lipinski definition) is 2. The van der Waals surface area contributed by atoms with Crippen molar-refractivity contribution in [3.8, 4) is 0 Å². The number of nitrogens with two attached hydrogens (primary N) is 1. The molecule has 0 aliphatic carbocycles. The molecule has 2 aromatic rings. The smallest absolute Gasteiger partial charge is 0.254 e. The van der Waals surface area contributed by atoms with Gasteiger partial charge in [0.15, 0.2) is 5.82 Å². The Morgan fingerprint density at radius 3 is 2.70 bits per heavy atom. The van der Waals surface area contributed by atoms with Gasteiger partial charge in [-0.3, -0.25) is 9.89 Å². The molecule has 1 heterocycles. The van der Waals surface area contributed by atoms with E-state index in [-0.39, 0.29) is 23.7 Å². The van der Waals surface area contributed by atoms with Crippen molar-refractivity contribution in [1.82, 2.24) is 20.1 Å². The quantitative estimate of drug-likeness (QED) is 0.830. The fourth-order valence-corrected chi connectivity index (χ4v) is 1.79. The highest BCUT2D eigenvalue weighted by molar-refractivity contribution is 5.95. The van der Waals surface area contributed by atoms with Gasteiger partial charge in [0.25, 0.3) is 5.91 Å². The molecule has 7 heteroatoms. The number of carbonyl (C=O) groups is 1. The summed E-state index contributed by atoms with van der Waals surface area (Å²) in [6.45, 7) is 3.58. The SMILES string of the molecule is Cc1nc(CN(C)C(=O)c2cc(N)c(C)c(F)c2)n[nH]1. The van der Waals surface area contributed by atoms with Crippen molar-refractivity contribution in [3.05, 3.63) is 40.7 Å². The third-order valence-corrected chi connectivity index (χ3v) is 3.00. The lowest BCUT2D eigenvalue weighted by molar-refractivity contribution is 0.0781. The van der Waals surface area contributed by atoms with Crippen LogP contribution in [0.2, 0.25) is 0 Å². The van der Waals surface area contributed by atoms with E-state index in [1.807, 2.05) is 0 Å². The fourth-order valence-electron chi connectivity index (χ4n) is 1.79. The van der Waals surface area contributed by atoms with E-state index >= 15 is 0 Å². The second-order valence-electron chi connectivity index (χ2n) is 4.67. The maximum Gasteiger partial charge on any atom is 0.254 e. The van der Waals surface area contributed by atoms with E-state index in [2.05, 4.69) is 15.2 Å². The Morgan fingerprint density at radius 1 is 1.45 bits per heavy atom. The second-order valence-corrected chi connectivity index (χ2v) is 4.67. The number of benzene rings is 1. The van der Waals surface area contributed by atoms with Crippen LogP contribution in [-0.2, 0) is 6.54 Å². The molecular weight excluding hydrogens is 261 g/mol. The minimum Gasteiger partial charge on any atom is -0.398 e. The predicted molar refractivity (Wildman–Crippen MR) is 72.5 cm³/mol. The van der Waals surface area contributed by atoms with E-state index in [1.165, 1.54) is 17.0 Å². The number of amides is 1. The monoisotopic (exact) mass is 277 g/mol. The molecular formula is C13H16FN5O. The van der Waals surface area contributed by atoms with Crippen LogP contribution in [0.15, 0.2) is 12.1 Å². The van der Waals surface area contributed by atoms with E-state index in [9.17, 15) is 9.18 Å². The van der Waals surface area contributed by atoms with E-state index in [0.29, 0.717) is 17.2 Å². The van der Waals surface area contributed by atoms with E-state index in [0.717, 1.165) is 0 Å². The van der Waals surface area contributed by atoms with E-state index < -0.39 is 5.82 Å². The first-order valence-corrected chi connectivity index (χ1v) is 6.07. The van der Waals surface area contributed by atoms with Gasteiger partial charge < -0.3 is 10.6 Å². The number of nitrogens with one attached hydrogen (secondary N) is 1. The maximum absolute atomic E-state index is 13.6. The number of H-pyrrole nitrogens is 1. The van der Waals surface area contributed by atoms with Crippen LogP contribution < -0.4 is 5.73 Å². The molecule has 3 N–H and O–H groups in total. The van der Waals surface area contributed by atoms with Gasteiger partial charge in [0, 0.05) is 23.9 Å². The average Bonchev–Trinajstić information content (AvgIpc) is 2.79. The summed E-state index contributed by atoms with van der Waals surface area (Å²) in [5.41, 5.74) is 6.48. The summed E-state index contributed by atoms with van der Waals surface area (Å²) in [6, 6.07) is 2.66. The molecule has 0 aliphatic heterocycles. The second kappa shape index (κ2) is 5.28. The summed E-state index contributed by atoms with van der Waals surface area (Å²) in [5, 5.41) is 6.65. The van der Waals surface area contributed by atoms with Crippen LogP contribution in [0.1, 0.15) is 27.6 Å². The Balaban J connectivity index is 2.18. The molecule has 0 saturated heterocycles. The van der Waals surface area contributed by atoms with Crippen molar-refractivity contribution in [2.24, 2.45) is 0 Å². The van der Waals surface area contributed by atoms with Crippen LogP contribution in [0.5, 0.6) is 0 Å². The zero-order chi connectivity index (χ0) is 14.9. The number of aromatic amines is 1. The third-order valence-electron chi connectivity index (χ3n) is 3.00. The first-order chi connectivity index (χ1) is 9.38. The molecule has 2 rings (SSSR count). The number of nitrogen functional groups attached to an aromatic ring is 1. The maximum atomic E-state index is 13.6. The predicted octanol–water partition coefficient (Wildman–Crippen LogP) is 1.42. The van der Waals surface area contributed by atoms with Gasteiger partial charge in [0.2, 0.25) is 0 Å². The Kier molecular flexibility index (Phi) is 3.69. The number of halogens is 1. The van der Waals surface area contributed by atoms with Crippen molar-refractivity contribution < 1.29 is 9.18 Å². The summed E-state index contributed by atoms with van der Waals surface area (Å²) in [4.78, 5) is 17.7. The number of rotatable bonds is 3. The molecule has 0 radical (unpaired) electrons. The molecule has 0 aliphatic rings. The summed E-state index contributed by atoms with van der Waals surface area (Å²) >= 11 is 0. The first kappa shape index (κ1) is 14.0. The van der Waals surface area contributed by atoms with Crippen molar-refractivity contribution in [2.45, 2.75) is 20.4 Å². The largest absolute Gasteiger partial charge is 0.398 e. The fraction of sp³-hybridized carbons (Fsp3) is 0.308. The molecule has 0 saturated carbocycles.